The van der Waals surface area contributed by atoms with E-state index in [9.17, 15) is 0 Å². The zero-order valence-electron chi connectivity index (χ0n) is 7.33. The van der Waals surface area contributed by atoms with Gasteiger partial charge >= 0.3 is 0 Å². The molecule has 0 bridgehead atoms. The summed E-state index contributed by atoms with van der Waals surface area (Å²) in [6.07, 6.45) is 0.840. The second-order valence-corrected chi connectivity index (χ2v) is 2.75. The van der Waals surface area contributed by atoms with Gasteiger partial charge in [-0.15, -0.1) is 9.24 Å². The van der Waals surface area contributed by atoms with E-state index in [1.807, 2.05) is 18.2 Å². The van der Waals surface area contributed by atoms with Crippen molar-refractivity contribution in [2.45, 2.75) is 6.16 Å². The van der Waals surface area contributed by atoms with E-state index in [1.165, 1.54) is 0 Å². The Hall–Kier alpha value is -0.750. The van der Waals surface area contributed by atoms with Gasteiger partial charge in [-0.05, 0) is 18.3 Å². The summed E-state index contributed by atoms with van der Waals surface area (Å²) in [5, 5.41) is 0. The highest BCUT2D eigenvalue weighted by Crippen LogP contribution is 2.29. The summed E-state index contributed by atoms with van der Waals surface area (Å²) in [6, 6.07) is 5.78. The number of ether oxygens (including phenoxy) is 2. The lowest BCUT2D eigenvalue weighted by Crippen LogP contribution is -1.93. The molecule has 0 aliphatic carbocycles. The van der Waals surface area contributed by atoms with E-state index in [-0.39, 0.29) is 0 Å². The van der Waals surface area contributed by atoms with Crippen molar-refractivity contribution in [2.75, 3.05) is 14.2 Å². The van der Waals surface area contributed by atoms with E-state index in [0.29, 0.717) is 0 Å². The van der Waals surface area contributed by atoms with Crippen LogP contribution in [0, 0.1) is 0 Å². The highest BCUT2D eigenvalue weighted by molar-refractivity contribution is 7.15. The Morgan fingerprint density at radius 2 is 1.67 bits per heavy atom. The zero-order chi connectivity index (χ0) is 8.97. The number of hydrogen-bond acceptors (Lipinski definition) is 2. The quantitative estimate of drug-likeness (QED) is 0.669. The predicted molar refractivity (Wildman–Crippen MR) is 53.0 cm³/mol. The molecular formula is C9H13O2P. The van der Waals surface area contributed by atoms with Crippen molar-refractivity contribution in [3.8, 4) is 11.5 Å². The monoisotopic (exact) mass is 184 g/mol. The van der Waals surface area contributed by atoms with Gasteiger partial charge in [-0.3, -0.25) is 0 Å². The van der Waals surface area contributed by atoms with Crippen LogP contribution in [0.5, 0.6) is 11.5 Å². The Morgan fingerprint density at radius 1 is 1.17 bits per heavy atom. The van der Waals surface area contributed by atoms with Gasteiger partial charge in [-0.2, -0.15) is 0 Å². The molecule has 1 unspecified atom stereocenters. The summed E-state index contributed by atoms with van der Waals surface area (Å²) in [5.41, 5.74) is 1.09. The average molecular weight is 184 g/mol. The van der Waals surface area contributed by atoms with Crippen molar-refractivity contribution in [3.05, 3.63) is 23.8 Å². The topological polar surface area (TPSA) is 18.5 Å². The maximum Gasteiger partial charge on any atom is 0.126 e. The fourth-order valence-electron chi connectivity index (χ4n) is 1.13. The van der Waals surface area contributed by atoms with Crippen molar-refractivity contribution in [3.63, 3.8) is 0 Å². The Balaban J connectivity index is 3.13. The molecule has 0 N–H and O–H groups in total. The smallest absolute Gasteiger partial charge is 0.126 e. The van der Waals surface area contributed by atoms with Crippen LogP contribution in [-0.2, 0) is 6.16 Å². The van der Waals surface area contributed by atoms with Gasteiger partial charge < -0.3 is 9.47 Å². The van der Waals surface area contributed by atoms with Crippen LogP contribution in [0.3, 0.4) is 0 Å². The van der Waals surface area contributed by atoms with E-state index in [1.54, 1.807) is 14.2 Å². The highest BCUT2D eigenvalue weighted by atomic mass is 31.0. The molecule has 3 heteroatoms. The minimum atomic E-state index is 0.840. The molecule has 66 valence electrons. The lowest BCUT2D eigenvalue weighted by Gasteiger charge is -2.10. The third kappa shape index (κ3) is 1.70. The van der Waals surface area contributed by atoms with Crippen LogP contribution in [0.1, 0.15) is 5.56 Å². The third-order valence-corrected chi connectivity index (χ3v) is 2.14. The van der Waals surface area contributed by atoms with Gasteiger partial charge in [0.1, 0.15) is 11.5 Å². The molecule has 1 aromatic rings. The lowest BCUT2D eigenvalue weighted by atomic mass is 10.2. The van der Waals surface area contributed by atoms with Crippen molar-refractivity contribution in [1.29, 1.82) is 0 Å². The number of rotatable bonds is 3. The van der Waals surface area contributed by atoms with Gasteiger partial charge in [0.05, 0.1) is 14.2 Å². The molecule has 0 aromatic heterocycles. The first kappa shape index (κ1) is 9.34. The third-order valence-electron chi connectivity index (χ3n) is 1.73. The molecule has 1 rings (SSSR count). The molecule has 0 saturated heterocycles. The summed E-state index contributed by atoms with van der Waals surface area (Å²) in [5.74, 6) is 1.76. The fourth-order valence-corrected chi connectivity index (χ4v) is 1.53. The first-order valence-electron chi connectivity index (χ1n) is 3.73. The van der Waals surface area contributed by atoms with Crippen LogP contribution in [-0.4, -0.2) is 14.2 Å². The van der Waals surface area contributed by atoms with Crippen LogP contribution in [0.25, 0.3) is 0 Å². The molecule has 0 aliphatic rings. The highest BCUT2D eigenvalue weighted by Gasteiger charge is 2.05. The van der Waals surface area contributed by atoms with Gasteiger partial charge in [0.25, 0.3) is 0 Å². The number of methoxy groups -OCH3 is 2. The lowest BCUT2D eigenvalue weighted by molar-refractivity contribution is 0.388. The van der Waals surface area contributed by atoms with E-state index < -0.39 is 0 Å². The summed E-state index contributed by atoms with van der Waals surface area (Å²) in [7, 11) is 5.99. The fraction of sp³-hybridized carbons (Fsp3) is 0.333. The molecular weight excluding hydrogens is 171 g/mol. The van der Waals surface area contributed by atoms with Crippen molar-refractivity contribution in [2.24, 2.45) is 0 Å². The summed E-state index contributed by atoms with van der Waals surface area (Å²) >= 11 is 0. The largest absolute Gasteiger partial charge is 0.496 e. The van der Waals surface area contributed by atoms with Gasteiger partial charge in [-0.25, -0.2) is 0 Å². The van der Waals surface area contributed by atoms with Crippen LogP contribution in [0.2, 0.25) is 0 Å². The van der Waals surface area contributed by atoms with Crippen LogP contribution in [0.4, 0.5) is 0 Å². The first-order chi connectivity index (χ1) is 5.83. The maximum absolute atomic E-state index is 5.19. The normalized spacial score (nSPS) is 9.58. The molecule has 0 fully saturated rings. The van der Waals surface area contributed by atoms with Gasteiger partial charge in [0, 0.05) is 5.56 Å². The van der Waals surface area contributed by atoms with Crippen LogP contribution >= 0.6 is 9.24 Å². The molecule has 12 heavy (non-hydrogen) atoms. The van der Waals surface area contributed by atoms with E-state index in [2.05, 4.69) is 9.24 Å². The molecule has 0 spiro atoms. The summed E-state index contributed by atoms with van der Waals surface area (Å²) < 4.78 is 10.4. The molecule has 0 radical (unpaired) electrons. The number of hydrogen-bond donors (Lipinski definition) is 0. The molecule has 0 heterocycles. The molecule has 0 saturated carbocycles. The summed E-state index contributed by atoms with van der Waals surface area (Å²) in [4.78, 5) is 0. The molecule has 1 aromatic carbocycles. The van der Waals surface area contributed by atoms with Gasteiger partial charge in [-0.1, -0.05) is 6.07 Å². The van der Waals surface area contributed by atoms with Crippen molar-refractivity contribution in [1.82, 2.24) is 0 Å². The molecule has 0 amide bonds. The van der Waals surface area contributed by atoms with Crippen LogP contribution < -0.4 is 9.47 Å². The number of benzene rings is 1. The Morgan fingerprint density at radius 3 is 2.00 bits per heavy atom. The molecule has 1 atom stereocenters. The second kappa shape index (κ2) is 4.32. The van der Waals surface area contributed by atoms with Gasteiger partial charge in [0.15, 0.2) is 0 Å². The first-order valence-corrected chi connectivity index (χ1v) is 4.55. The SMILES string of the molecule is COc1cccc(OC)c1CP. The van der Waals surface area contributed by atoms with Crippen molar-refractivity contribution >= 4 is 9.24 Å². The average Bonchev–Trinajstić information content (AvgIpc) is 2.16. The second-order valence-electron chi connectivity index (χ2n) is 2.35. The zero-order valence-corrected chi connectivity index (χ0v) is 8.49. The van der Waals surface area contributed by atoms with E-state index in [0.717, 1.165) is 23.2 Å². The Kier molecular flexibility index (Phi) is 3.36. The maximum atomic E-state index is 5.19. The Bertz CT molecular complexity index is 238. The molecule has 0 aliphatic heterocycles. The van der Waals surface area contributed by atoms with Gasteiger partial charge in [0.2, 0.25) is 0 Å². The van der Waals surface area contributed by atoms with Crippen molar-refractivity contribution < 1.29 is 9.47 Å². The van der Waals surface area contributed by atoms with E-state index >= 15 is 0 Å². The Labute approximate surface area is 75.1 Å². The summed E-state index contributed by atoms with van der Waals surface area (Å²) in [6.45, 7) is 0. The van der Waals surface area contributed by atoms with Crippen LogP contribution in [0.15, 0.2) is 18.2 Å². The minimum Gasteiger partial charge on any atom is -0.496 e. The predicted octanol–water partition coefficient (Wildman–Crippen LogP) is 2.08. The standard InChI is InChI=1S/C9H13O2P/c1-10-8-4-3-5-9(11-2)7(8)6-12/h3-5H,6,12H2,1-2H3. The molecule has 2 nitrogen and oxygen atoms in total. The minimum absolute atomic E-state index is 0.840. The van der Waals surface area contributed by atoms with E-state index in [4.69, 9.17) is 9.47 Å².